The smallest absolute Gasteiger partial charge is 0.275 e. The van der Waals surface area contributed by atoms with Crippen LogP contribution in [0.4, 0.5) is 0 Å². The van der Waals surface area contributed by atoms with Gasteiger partial charge in [-0.2, -0.15) is 5.10 Å². The average Bonchev–Trinajstić information content (AvgIpc) is 2.96. The molecule has 0 unspecified atom stereocenters. The van der Waals surface area contributed by atoms with E-state index in [9.17, 15) is 4.79 Å². The Morgan fingerprint density at radius 1 is 1.32 bits per heavy atom. The van der Waals surface area contributed by atoms with Gasteiger partial charge >= 0.3 is 0 Å². The predicted molar refractivity (Wildman–Crippen MR) is 72.0 cm³/mol. The third-order valence-electron chi connectivity index (χ3n) is 2.94. The van der Waals surface area contributed by atoms with Crippen molar-refractivity contribution < 1.29 is 0 Å². The number of H-pyrrole nitrogens is 1. The van der Waals surface area contributed by atoms with Crippen LogP contribution < -0.4 is 5.56 Å². The fourth-order valence-corrected chi connectivity index (χ4v) is 1.89. The van der Waals surface area contributed by atoms with Crippen LogP contribution in [0, 0.1) is 0 Å². The summed E-state index contributed by atoms with van der Waals surface area (Å²) in [5.74, 6) is 0.518. The highest BCUT2D eigenvalue weighted by Gasteiger charge is 2.15. The summed E-state index contributed by atoms with van der Waals surface area (Å²) in [6.45, 7) is 6.19. The Labute approximate surface area is 109 Å². The average molecular weight is 257 g/mol. The Morgan fingerprint density at radius 3 is 2.79 bits per heavy atom. The van der Waals surface area contributed by atoms with Crippen LogP contribution in [0.25, 0.3) is 16.9 Å². The zero-order valence-corrected chi connectivity index (χ0v) is 11.1. The number of fused-ring (bicyclic) bond motifs is 1. The van der Waals surface area contributed by atoms with Gasteiger partial charge in [0.25, 0.3) is 5.56 Å². The SMILES string of the molecule is CC(C)(C)n1cc(-c2nn3cccc3c(=O)[nH]2)cn1. The first-order valence-corrected chi connectivity index (χ1v) is 6.08. The monoisotopic (exact) mass is 257 g/mol. The van der Waals surface area contributed by atoms with E-state index in [0.29, 0.717) is 11.3 Å². The first-order valence-electron chi connectivity index (χ1n) is 6.08. The molecule has 0 bridgehead atoms. The van der Waals surface area contributed by atoms with Gasteiger partial charge in [0, 0.05) is 12.4 Å². The fourth-order valence-electron chi connectivity index (χ4n) is 1.89. The fraction of sp³-hybridized carbons (Fsp3) is 0.308. The van der Waals surface area contributed by atoms with Crippen LogP contribution >= 0.6 is 0 Å². The van der Waals surface area contributed by atoms with Crippen molar-refractivity contribution in [3.63, 3.8) is 0 Å². The van der Waals surface area contributed by atoms with Gasteiger partial charge in [0.2, 0.25) is 0 Å². The normalized spacial score (nSPS) is 12.2. The minimum Gasteiger partial charge on any atom is -0.303 e. The second-order valence-electron chi connectivity index (χ2n) is 5.49. The van der Waals surface area contributed by atoms with Crippen LogP contribution in [-0.2, 0) is 5.54 Å². The molecule has 3 heterocycles. The second-order valence-corrected chi connectivity index (χ2v) is 5.49. The van der Waals surface area contributed by atoms with Gasteiger partial charge in [-0.05, 0) is 32.9 Å². The van der Waals surface area contributed by atoms with Gasteiger partial charge in [0.05, 0.1) is 17.3 Å². The summed E-state index contributed by atoms with van der Waals surface area (Å²) < 4.78 is 3.42. The van der Waals surface area contributed by atoms with Crippen molar-refractivity contribution in [3.8, 4) is 11.4 Å². The Morgan fingerprint density at radius 2 is 2.11 bits per heavy atom. The summed E-state index contributed by atoms with van der Waals surface area (Å²) in [6.07, 6.45) is 5.34. The molecule has 0 aromatic carbocycles. The number of nitrogens with one attached hydrogen (secondary N) is 1. The molecule has 0 aliphatic heterocycles. The number of nitrogens with zero attached hydrogens (tertiary/aromatic N) is 4. The van der Waals surface area contributed by atoms with Crippen LogP contribution in [0.5, 0.6) is 0 Å². The summed E-state index contributed by atoms with van der Waals surface area (Å²) in [5, 5.41) is 8.68. The summed E-state index contributed by atoms with van der Waals surface area (Å²) in [7, 11) is 0. The topological polar surface area (TPSA) is 68.0 Å². The Balaban J connectivity index is 2.14. The second kappa shape index (κ2) is 3.81. The zero-order chi connectivity index (χ0) is 13.6. The van der Waals surface area contributed by atoms with E-state index >= 15 is 0 Å². The number of aromatic nitrogens is 5. The molecule has 98 valence electrons. The molecule has 0 fully saturated rings. The molecule has 0 saturated carbocycles. The lowest BCUT2D eigenvalue weighted by Gasteiger charge is -2.18. The summed E-state index contributed by atoms with van der Waals surface area (Å²) >= 11 is 0. The van der Waals surface area contributed by atoms with E-state index in [1.165, 1.54) is 0 Å². The van der Waals surface area contributed by atoms with Crippen molar-refractivity contribution in [1.82, 2.24) is 24.4 Å². The van der Waals surface area contributed by atoms with Crippen molar-refractivity contribution in [1.29, 1.82) is 0 Å². The first-order chi connectivity index (χ1) is 8.95. The maximum atomic E-state index is 11.9. The standard InChI is InChI=1S/C13H15N5O/c1-13(2,3)18-8-9(7-14-18)11-15-12(19)10-5-4-6-17(10)16-11/h4-8H,1-3H3,(H,15,16,19). The van der Waals surface area contributed by atoms with E-state index in [2.05, 4.69) is 36.0 Å². The van der Waals surface area contributed by atoms with E-state index < -0.39 is 0 Å². The van der Waals surface area contributed by atoms with Gasteiger partial charge < -0.3 is 4.98 Å². The molecule has 3 aromatic rings. The third kappa shape index (κ3) is 1.95. The molecule has 1 N–H and O–H groups in total. The molecular formula is C13H15N5O. The molecule has 6 heteroatoms. The molecule has 3 aromatic heterocycles. The summed E-state index contributed by atoms with van der Waals surface area (Å²) in [5.41, 5.74) is 1.07. The number of hydrogen-bond acceptors (Lipinski definition) is 3. The Hall–Kier alpha value is -2.37. The molecule has 3 rings (SSSR count). The van der Waals surface area contributed by atoms with Crippen molar-refractivity contribution in [2.75, 3.05) is 0 Å². The highest BCUT2D eigenvalue weighted by Crippen LogP contribution is 2.18. The maximum Gasteiger partial charge on any atom is 0.275 e. The molecule has 6 nitrogen and oxygen atoms in total. The van der Waals surface area contributed by atoms with Gasteiger partial charge in [-0.3, -0.25) is 9.48 Å². The van der Waals surface area contributed by atoms with Crippen LogP contribution in [-0.4, -0.2) is 24.4 Å². The molecule has 0 spiro atoms. The lowest BCUT2D eigenvalue weighted by atomic mass is 10.1. The Bertz CT molecular complexity index is 787. The Kier molecular flexibility index (Phi) is 2.35. The first kappa shape index (κ1) is 11.7. The minimum atomic E-state index is -0.154. The molecule has 0 saturated heterocycles. The molecule has 0 aliphatic rings. The lowest BCUT2D eigenvalue weighted by molar-refractivity contribution is 0.355. The van der Waals surface area contributed by atoms with E-state index in [1.54, 1.807) is 29.0 Å². The van der Waals surface area contributed by atoms with Crippen LogP contribution in [0.15, 0.2) is 35.5 Å². The number of rotatable bonds is 1. The largest absolute Gasteiger partial charge is 0.303 e. The van der Waals surface area contributed by atoms with Crippen molar-refractivity contribution in [2.24, 2.45) is 0 Å². The van der Waals surface area contributed by atoms with Gasteiger partial charge in [-0.25, -0.2) is 4.52 Å². The number of hydrogen-bond donors (Lipinski definition) is 1. The van der Waals surface area contributed by atoms with Gasteiger partial charge in [-0.15, -0.1) is 5.10 Å². The maximum absolute atomic E-state index is 11.9. The number of aromatic amines is 1. The molecule has 19 heavy (non-hydrogen) atoms. The molecular weight excluding hydrogens is 242 g/mol. The van der Waals surface area contributed by atoms with Crippen LogP contribution in [0.3, 0.4) is 0 Å². The van der Waals surface area contributed by atoms with Gasteiger partial charge in [-0.1, -0.05) is 0 Å². The van der Waals surface area contributed by atoms with E-state index in [0.717, 1.165) is 5.56 Å². The highest BCUT2D eigenvalue weighted by molar-refractivity contribution is 5.54. The highest BCUT2D eigenvalue weighted by atomic mass is 16.1. The quantitative estimate of drug-likeness (QED) is 0.720. The van der Waals surface area contributed by atoms with Crippen molar-refractivity contribution in [3.05, 3.63) is 41.1 Å². The summed E-state index contributed by atoms with van der Waals surface area (Å²) in [6, 6.07) is 3.52. The molecule has 0 aliphatic carbocycles. The minimum absolute atomic E-state index is 0.101. The van der Waals surface area contributed by atoms with E-state index in [1.807, 2.05) is 10.9 Å². The van der Waals surface area contributed by atoms with Gasteiger partial charge in [0.15, 0.2) is 5.82 Å². The molecule has 0 radical (unpaired) electrons. The van der Waals surface area contributed by atoms with Crippen molar-refractivity contribution >= 4 is 5.52 Å². The van der Waals surface area contributed by atoms with Crippen molar-refractivity contribution in [2.45, 2.75) is 26.3 Å². The van der Waals surface area contributed by atoms with E-state index in [-0.39, 0.29) is 11.1 Å². The van der Waals surface area contributed by atoms with Crippen LogP contribution in [0.2, 0.25) is 0 Å². The third-order valence-corrected chi connectivity index (χ3v) is 2.94. The zero-order valence-electron chi connectivity index (χ0n) is 11.1. The molecule has 0 amide bonds. The van der Waals surface area contributed by atoms with Crippen LogP contribution in [0.1, 0.15) is 20.8 Å². The lowest BCUT2D eigenvalue weighted by Crippen LogP contribution is -2.21. The van der Waals surface area contributed by atoms with E-state index in [4.69, 9.17) is 0 Å². The van der Waals surface area contributed by atoms with Gasteiger partial charge in [0.1, 0.15) is 5.52 Å². The molecule has 0 atom stereocenters. The predicted octanol–water partition coefficient (Wildman–Crippen LogP) is 1.64. The summed E-state index contributed by atoms with van der Waals surface area (Å²) in [4.78, 5) is 14.7.